The number of halogens is 1. The number of hydrogen-bond donors (Lipinski definition) is 0. The second kappa shape index (κ2) is 7.01. The summed E-state index contributed by atoms with van der Waals surface area (Å²) in [5.74, 6) is 0.895. The molecule has 6 heteroatoms. The maximum atomic E-state index is 14.9. The molecule has 1 atom stereocenters. The zero-order valence-corrected chi connectivity index (χ0v) is 17.1. The van der Waals surface area contributed by atoms with Crippen LogP contribution >= 0.6 is 0 Å². The van der Waals surface area contributed by atoms with Crippen molar-refractivity contribution in [1.29, 1.82) is 0 Å². The highest BCUT2D eigenvalue weighted by Gasteiger charge is 2.29. The summed E-state index contributed by atoms with van der Waals surface area (Å²) in [6.07, 6.45) is 8.52. The molecule has 2 aliphatic rings. The van der Waals surface area contributed by atoms with Crippen LogP contribution < -0.4 is 0 Å². The average Bonchev–Trinajstić information content (AvgIpc) is 3.39. The van der Waals surface area contributed by atoms with Crippen LogP contribution in [0.4, 0.5) is 4.39 Å². The minimum absolute atomic E-state index is 0.253. The molecule has 1 fully saturated rings. The van der Waals surface area contributed by atoms with Gasteiger partial charge >= 0.3 is 0 Å². The van der Waals surface area contributed by atoms with Gasteiger partial charge in [-0.25, -0.2) is 14.4 Å². The normalized spacial score (nSPS) is 18.0. The first kappa shape index (κ1) is 18.2. The molecule has 1 saturated carbocycles. The van der Waals surface area contributed by atoms with Gasteiger partial charge in [-0.1, -0.05) is 24.6 Å². The number of aromatic nitrogens is 3. The predicted octanol–water partition coefficient (Wildman–Crippen LogP) is 5.85. The molecule has 0 radical (unpaired) electrons. The molecule has 0 amide bonds. The summed E-state index contributed by atoms with van der Waals surface area (Å²) in [5, 5.41) is 0. The summed E-state index contributed by atoms with van der Waals surface area (Å²) in [7, 11) is 0. The van der Waals surface area contributed by atoms with Crippen LogP contribution in [0.25, 0.3) is 17.1 Å². The average molecular weight is 412 g/mol. The van der Waals surface area contributed by atoms with E-state index in [1.54, 1.807) is 24.7 Å². The molecule has 3 heterocycles. The lowest BCUT2D eigenvalue weighted by Crippen LogP contribution is -2.13. The fourth-order valence-corrected chi connectivity index (χ4v) is 4.61. The monoisotopic (exact) mass is 412 g/mol. The van der Waals surface area contributed by atoms with E-state index in [1.807, 2.05) is 13.0 Å². The molecule has 0 unspecified atom stereocenters. The van der Waals surface area contributed by atoms with Crippen molar-refractivity contribution in [2.24, 2.45) is 4.99 Å². The maximum absolute atomic E-state index is 14.9. The SMILES string of the molecule is C[C@H]1N=C(c2ccccc2F)c2cc(C3CCC3)ccc2-n2cnc(-c3cnco3)c21. The molecule has 0 spiro atoms. The van der Waals surface area contributed by atoms with E-state index >= 15 is 0 Å². The number of benzene rings is 2. The van der Waals surface area contributed by atoms with E-state index in [2.05, 4.69) is 32.7 Å². The lowest BCUT2D eigenvalue weighted by atomic mass is 9.79. The second-order valence-electron chi connectivity index (χ2n) is 8.25. The van der Waals surface area contributed by atoms with E-state index in [0.717, 1.165) is 16.9 Å². The van der Waals surface area contributed by atoms with Crippen molar-refractivity contribution in [3.63, 3.8) is 0 Å². The van der Waals surface area contributed by atoms with Crippen LogP contribution in [-0.2, 0) is 0 Å². The Morgan fingerprint density at radius 1 is 1.10 bits per heavy atom. The van der Waals surface area contributed by atoms with Crippen molar-refractivity contribution >= 4 is 5.71 Å². The minimum Gasteiger partial charge on any atom is -0.442 e. The van der Waals surface area contributed by atoms with Crippen molar-refractivity contribution in [3.8, 4) is 17.1 Å². The number of hydrogen-bond acceptors (Lipinski definition) is 4. The van der Waals surface area contributed by atoms with Gasteiger partial charge < -0.3 is 4.42 Å². The first-order valence-corrected chi connectivity index (χ1v) is 10.6. The maximum Gasteiger partial charge on any atom is 0.181 e. The molecule has 0 N–H and O–H groups in total. The van der Waals surface area contributed by atoms with E-state index in [-0.39, 0.29) is 11.9 Å². The van der Waals surface area contributed by atoms with Crippen LogP contribution in [0, 0.1) is 5.82 Å². The zero-order chi connectivity index (χ0) is 20.9. The molecular weight excluding hydrogens is 391 g/mol. The van der Waals surface area contributed by atoms with Crippen molar-refractivity contribution in [3.05, 3.63) is 89.6 Å². The van der Waals surface area contributed by atoms with E-state index in [9.17, 15) is 4.39 Å². The topological polar surface area (TPSA) is 56.2 Å². The second-order valence-corrected chi connectivity index (χ2v) is 8.25. The Morgan fingerprint density at radius 2 is 1.97 bits per heavy atom. The molecule has 1 aliphatic heterocycles. The van der Waals surface area contributed by atoms with Crippen LogP contribution in [-0.4, -0.2) is 20.2 Å². The molecule has 2 aromatic heterocycles. The zero-order valence-electron chi connectivity index (χ0n) is 17.1. The molecule has 0 bridgehead atoms. The van der Waals surface area contributed by atoms with Gasteiger partial charge in [-0.3, -0.25) is 9.56 Å². The van der Waals surface area contributed by atoms with Crippen molar-refractivity contribution in [2.75, 3.05) is 0 Å². The molecule has 1 aliphatic carbocycles. The Labute approximate surface area is 179 Å². The summed E-state index contributed by atoms with van der Waals surface area (Å²) < 4.78 is 22.5. The summed E-state index contributed by atoms with van der Waals surface area (Å²) in [4.78, 5) is 13.7. The minimum atomic E-state index is -0.270. The van der Waals surface area contributed by atoms with E-state index in [0.29, 0.717) is 28.6 Å². The van der Waals surface area contributed by atoms with Gasteiger partial charge in [-0.2, -0.15) is 0 Å². The van der Waals surface area contributed by atoms with Gasteiger partial charge in [0, 0.05) is 11.1 Å². The van der Waals surface area contributed by atoms with Gasteiger partial charge in [-0.15, -0.1) is 0 Å². The first-order valence-electron chi connectivity index (χ1n) is 10.6. The predicted molar refractivity (Wildman–Crippen MR) is 116 cm³/mol. The van der Waals surface area contributed by atoms with E-state index < -0.39 is 0 Å². The van der Waals surface area contributed by atoms with Gasteiger partial charge in [0.05, 0.1) is 29.3 Å². The Morgan fingerprint density at radius 3 is 2.71 bits per heavy atom. The third-order valence-electron chi connectivity index (χ3n) is 6.43. The fraction of sp³-hybridized carbons (Fsp3) is 0.240. The summed E-state index contributed by atoms with van der Waals surface area (Å²) in [6.45, 7) is 2.01. The third-order valence-corrected chi connectivity index (χ3v) is 6.43. The third kappa shape index (κ3) is 2.86. The van der Waals surface area contributed by atoms with Gasteiger partial charge in [0.25, 0.3) is 0 Å². The van der Waals surface area contributed by atoms with Gasteiger partial charge in [-0.05, 0) is 55.5 Å². The van der Waals surface area contributed by atoms with Crippen LogP contribution in [0.3, 0.4) is 0 Å². The number of nitrogens with zero attached hydrogens (tertiary/aromatic N) is 4. The standard InChI is InChI=1S/C25H21FN4O/c1-15-25-24(22-12-27-14-31-22)28-13-30(25)21-10-9-17(16-5-4-6-16)11-19(21)23(29-15)18-7-2-3-8-20(18)26/h2-3,7-16H,4-6H2,1H3/t15-/m1/s1. The number of oxazole rings is 1. The number of rotatable bonds is 3. The summed E-state index contributed by atoms with van der Waals surface area (Å²) in [5.41, 5.74) is 5.97. The molecule has 0 saturated heterocycles. The highest BCUT2D eigenvalue weighted by atomic mass is 19.1. The van der Waals surface area contributed by atoms with E-state index in [1.165, 1.54) is 37.3 Å². The van der Waals surface area contributed by atoms with Crippen molar-refractivity contribution in [1.82, 2.24) is 14.5 Å². The van der Waals surface area contributed by atoms with E-state index in [4.69, 9.17) is 9.41 Å². The smallest absolute Gasteiger partial charge is 0.181 e. The lowest BCUT2D eigenvalue weighted by molar-refractivity contribution is 0.419. The van der Waals surface area contributed by atoms with Crippen molar-refractivity contribution < 1.29 is 8.81 Å². The molecule has 4 aromatic rings. The molecular formula is C25H21FN4O. The highest BCUT2D eigenvalue weighted by molar-refractivity contribution is 6.15. The quantitative estimate of drug-likeness (QED) is 0.424. The van der Waals surface area contributed by atoms with Crippen LogP contribution in [0.2, 0.25) is 0 Å². The van der Waals surface area contributed by atoms with Gasteiger partial charge in [0.1, 0.15) is 17.8 Å². The van der Waals surface area contributed by atoms with Crippen LogP contribution in [0.1, 0.15) is 60.5 Å². The summed E-state index contributed by atoms with van der Waals surface area (Å²) in [6, 6.07) is 13.1. The Kier molecular flexibility index (Phi) is 4.13. The molecule has 6 rings (SSSR count). The lowest BCUT2D eigenvalue weighted by Gasteiger charge is -2.27. The molecule has 2 aromatic carbocycles. The number of imidazole rings is 1. The van der Waals surface area contributed by atoms with Gasteiger partial charge in [0.15, 0.2) is 12.2 Å². The Hall–Kier alpha value is -3.54. The largest absolute Gasteiger partial charge is 0.442 e. The van der Waals surface area contributed by atoms with Gasteiger partial charge in [0.2, 0.25) is 0 Å². The Balaban J connectivity index is 1.62. The van der Waals surface area contributed by atoms with Crippen LogP contribution in [0.5, 0.6) is 0 Å². The first-order chi connectivity index (χ1) is 15.2. The van der Waals surface area contributed by atoms with Crippen molar-refractivity contribution in [2.45, 2.75) is 38.1 Å². The Bertz CT molecular complexity index is 1300. The number of fused-ring (bicyclic) bond motifs is 3. The molecule has 154 valence electrons. The molecule has 31 heavy (non-hydrogen) atoms. The van der Waals surface area contributed by atoms with Crippen LogP contribution in [0.15, 0.2) is 70.8 Å². The fourth-order valence-electron chi connectivity index (χ4n) is 4.61. The highest BCUT2D eigenvalue weighted by Crippen LogP contribution is 2.40. The number of aliphatic imine (C=N–C) groups is 1. The molecule has 5 nitrogen and oxygen atoms in total. The summed E-state index contributed by atoms with van der Waals surface area (Å²) >= 11 is 0.